The molecule has 0 atom stereocenters. The molecule has 0 fully saturated rings. The normalized spacial score (nSPS) is 13.5. The molecular formula is C26H20. The fraction of sp³-hybridized carbons (Fsp3) is 0.154. The van der Waals surface area contributed by atoms with Crippen molar-refractivity contribution in [1.82, 2.24) is 0 Å². The lowest BCUT2D eigenvalue weighted by Crippen LogP contribution is -1.85. The second kappa shape index (κ2) is 4.86. The first-order chi connectivity index (χ1) is 12.7. The molecular weight excluding hydrogens is 312 g/mol. The Labute approximate surface area is 154 Å². The van der Waals surface area contributed by atoms with Crippen LogP contribution in [0.15, 0.2) is 60.7 Å². The summed E-state index contributed by atoms with van der Waals surface area (Å²) in [4.78, 5) is 0. The predicted octanol–water partition coefficient (Wildman–Crippen LogP) is 6.60. The van der Waals surface area contributed by atoms with Gasteiger partial charge in [-0.2, -0.15) is 0 Å². The Morgan fingerprint density at radius 2 is 0.885 bits per heavy atom. The van der Waals surface area contributed by atoms with Gasteiger partial charge in [-0.3, -0.25) is 0 Å². The Balaban J connectivity index is 1.56. The van der Waals surface area contributed by atoms with Crippen LogP contribution >= 0.6 is 0 Å². The number of fused-ring (bicyclic) bond motifs is 7. The first kappa shape index (κ1) is 14.3. The molecule has 4 aromatic carbocycles. The summed E-state index contributed by atoms with van der Waals surface area (Å²) in [5.74, 6) is 0. The lowest BCUT2D eigenvalue weighted by Gasteiger charge is -2.08. The molecule has 2 aliphatic carbocycles. The molecule has 124 valence electrons. The molecule has 6 rings (SSSR count). The lowest BCUT2D eigenvalue weighted by molar-refractivity contribution is 1.25. The Kier molecular flexibility index (Phi) is 2.68. The molecule has 0 aliphatic heterocycles. The zero-order valence-corrected chi connectivity index (χ0v) is 15.2. The third-order valence-electron chi connectivity index (χ3n) is 6.15. The molecule has 0 amide bonds. The van der Waals surface area contributed by atoms with E-state index in [9.17, 15) is 0 Å². The SMILES string of the molecule is Cc1ccc2c(c1)Cc1cc3cc4c(cc3cc1-2)Cc1cc(C)ccc1-4. The van der Waals surface area contributed by atoms with Crippen LogP contribution in [0.1, 0.15) is 33.4 Å². The van der Waals surface area contributed by atoms with Crippen LogP contribution in [0.25, 0.3) is 33.0 Å². The van der Waals surface area contributed by atoms with E-state index in [1.165, 1.54) is 66.4 Å². The molecule has 0 spiro atoms. The van der Waals surface area contributed by atoms with E-state index >= 15 is 0 Å². The van der Waals surface area contributed by atoms with Crippen molar-refractivity contribution in [2.75, 3.05) is 0 Å². The zero-order valence-electron chi connectivity index (χ0n) is 15.2. The molecule has 4 aromatic rings. The highest BCUT2D eigenvalue weighted by molar-refractivity contribution is 5.96. The van der Waals surface area contributed by atoms with Gasteiger partial charge in [-0.15, -0.1) is 0 Å². The molecule has 0 bridgehead atoms. The van der Waals surface area contributed by atoms with Crippen LogP contribution in [0.4, 0.5) is 0 Å². The average molecular weight is 332 g/mol. The van der Waals surface area contributed by atoms with Crippen LogP contribution < -0.4 is 0 Å². The van der Waals surface area contributed by atoms with E-state index in [0.717, 1.165) is 12.8 Å². The van der Waals surface area contributed by atoms with Crippen LogP contribution in [0.5, 0.6) is 0 Å². The molecule has 26 heavy (non-hydrogen) atoms. The van der Waals surface area contributed by atoms with E-state index in [1.54, 1.807) is 0 Å². The predicted molar refractivity (Wildman–Crippen MR) is 110 cm³/mol. The second-order valence-electron chi connectivity index (χ2n) is 8.04. The van der Waals surface area contributed by atoms with Crippen LogP contribution in [-0.4, -0.2) is 0 Å². The molecule has 0 saturated carbocycles. The van der Waals surface area contributed by atoms with Gasteiger partial charge in [-0.05, 0) is 94.1 Å². The first-order valence-electron chi connectivity index (χ1n) is 9.45. The van der Waals surface area contributed by atoms with Crippen LogP contribution in [-0.2, 0) is 12.8 Å². The van der Waals surface area contributed by atoms with E-state index in [1.807, 2.05) is 0 Å². The van der Waals surface area contributed by atoms with Crippen molar-refractivity contribution in [2.24, 2.45) is 0 Å². The van der Waals surface area contributed by atoms with Gasteiger partial charge in [0.05, 0.1) is 0 Å². The number of hydrogen-bond donors (Lipinski definition) is 0. The number of rotatable bonds is 0. The van der Waals surface area contributed by atoms with E-state index in [0.29, 0.717) is 0 Å². The van der Waals surface area contributed by atoms with Crippen molar-refractivity contribution in [3.63, 3.8) is 0 Å². The molecule has 0 radical (unpaired) electrons. The quantitative estimate of drug-likeness (QED) is 0.294. The van der Waals surface area contributed by atoms with Gasteiger partial charge in [-0.25, -0.2) is 0 Å². The highest BCUT2D eigenvalue weighted by Crippen LogP contribution is 2.43. The maximum absolute atomic E-state index is 2.42. The van der Waals surface area contributed by atoms with Gasteiger partial charge >= 0.3 is 0 Å². The van der Waals surface area contributed by atoms with Crippen molar-refractivity contribution >= 4 is 10.8 Å². The first-order valence-corrected chi connectivity index (χ1v) is 9.45. The van der Waals surface area contributed by atoms with Gasteiger partial charge in [-0.1, -0.05) is 59.7 Å². The van der Waals surface area contributed by atoms with Crippen molar-refractivity contribution in [2.45, 2.75) is 26.7 Å². The van der Waals surface area contributed by atoms with E-state index in [2.05, 4.69) is 74.5 Å². The van der Waals surface area contributed by atoms with Gasteiger partial charge < -0.3 is 0 Å². The average Bonchev–Trinajstić information content (AvgIpc) is 3.13. The van der Waals surface area contributed by atoms with Crippen LogP contribution in [0.3, 0.4) is 0 Å². The molecule has 0 saturated heterocycles. The maximum atomic E-state index is 2.42. The Bertz CT molecular complexity index is 1140. The summed E-state index contributed by atoms with van der Waals surface area (Å²) in [6.07, 6.45) is 2.13. The third-order valence-corrected chi connectivity index (χ3v) is 6.15. The molecule has 0 nitrogen and oxygen atoms in total. The van der Waals surface area contributed by atoms with Gasteiger partial charge in [0, 0.05) is 0 Å². The zero-order chi connectivity index (χ0) is 17.4. The number of hydrogen-bond acceptors (Lipinski definition) is 0. The second-order valence-corrected chi connectivity index (χ2v) is 8.04. The van der Waals surface area contributed by atoms with Crippen molar-refractivity contribution < 1.29 is 0 Å². The summed E-state index contributed by atoms with van der Waals surface area (Å²) >= 11 is 0. The van der Waals surface area contributed by atoms with Gasteiger partial charge in [0.2, 0.25) is 0 Å². The highest BCUT2D eigenvalue weighted by atomic mass is 14.3. The Hall–Kier alpha value is -2.86. The third kappa shape index (κ3) is 1.90. The molecule has 0 aromatic heterocycles. The maximum Gasteiger partial charge on any atom is -0.00131 e. The summed E-state index contributed by atoms with van der Waals surface area (Å²) in [5.41, 5.74) is 14.3. The smallest absolute Gasteiger partial charge is 0.00131 e. The minimum absolute atomic E-state index is 1.06. The fourth-order valence-electron chi connectivity index (χ4n) is 4.91. The van der Waals surface area contributed by atoms with Crippen molar-refractivity contribution in [3.8, 4) is 22.3 Å². The number of benzene rings is 4. The minimum Gasteiger partial charge on any atom is -0.0587 e. The summed E-state index contributed by atoms with van der Waals surface area (Å²) in [5, 5.41) is 2.75. The van der Waals surface area contributed by atoms with E-state index in [4.69, 9.17) is 0 Å². The fourth-order valence-corrected chi connectivity index (χ4v) is 4.91. The molecule has 0 N–H and O–H groups in total. The lowest BCUT2D eigenvalue weighted by atomic mass is 9.96. The Morgan fingerprint density at radius 1 is 0.462 bits per heavy atom. The highest BCUT2D eigenvalue weighted by Gasteiger charge is 2.22. The minimum atomic E-state index is 1.06. The molecule has 0 heteroatoms. The molecule has 2 aliphatic rings. The topological polar surface area (TPSA) is 0 Å². The molecule has 0 unspecified atom stereocenters. The summed E-state index contributed by atoms with van der Waals surface area (Å²) in [6.45, 7) is 4.37. The molecule has 0 heterocycles. The van der Waals surface area contributed by atoms with Crippen LogP contribution in [0, 0.1) is 13.8 Å². The monoisotopic (exact) mass is 332 g/mol. The largest absolute Gasteiger partial charge is 0.0587 e. The summed E-state index contributed by atoms with van der Waals surface area (Å²) in [6, 6.07) is 23.4. The van der Waals surface area contributed by atoms with Crippen LogP contribution in [0.2, 0.25) is 0 Å². The standard InChI is InChI=1S/C26H20/c1-15-3-5-23-19(7-15)11-21-9-17-14-26-22(10-18(17)13-25(21)23)12-20-8-16(2)4-6-24(20)26/h3-10,13-14H,11-12H2,1-2H3. The summed E-state index contributed by atoms with van der Waals surface area (Å²) < 4.78 is 0. The number of aryl methyl sites for hydroxylation is 2. The Morgan fingerprint density at radius 3 is 1.35 bits per heavy atom. The summed E-state index contributed by atoms with van der Waals surface area (Å²) in [7, 11) is 0. The van der Waals surface area contributed by atoms with Crippen molar-refractivity contribution in [1.29, 1.82) is 0 Å². The van der Waals surface area contributed by atoms with Gasteiger partial charge in [0.1, 0.15) is 0 Å². The van der Waals surface area contributed by atoms with E-state index in [-0.39, 0.29) is 0 Å². The van der Waals surface area contributed by atoms with Crippen molar-refractivity contribution in [3.05, 3.63) is 94.0 Å². The van der Waals surface area contributed by atoms with Gasteiger partial charge in [0.25, 0.3) is 0 Å². The van der Waals surface area contributed by atoms with Gasteiger partial charge in [0.15, 0.2) is 0 Å². The van der Waals surface area contributed by atoms with E-state index < -0.39 is 0 Å².